The van der Waals surface area contributed by atoms with Crippen LogP contribution < -0.4 is 4.74 Å². The third-order valence-corrected chi connectivity index (χ3v) is 8.04. The molecule has 1 aliphatic rings. The summed E-state index contributed by atoms with van der Waals surface area (Å²) < 4.78 is 32.6. The predicted octanol–water partition coefficient (Wildman–Crippen LogP) is 2.84. The average Bonchev–Trinajstić information content (AvgIpc) is 3.14. The highest BCUT2D eigenvalue weighted by atomic mass is 35.5. The maximum absolute atomic E-state index is 12.6. The molecule has 1 aliphatic heterocycles. The minimum Gasteiger partial charge on any atom is -0.482 e. The second-order valence-corrected chi connectivity index (χ2v) is 10.2. The normalized spacial score (nSPS) is 15.2. The molecule has 7 nitrogen and oxygen atoms in total. The number of nitrogens with zero attached hydrogens (tertiary/aromatic N) is 3. The summed E-state index contributed by atoms with van der Waals surface area (Å²) in [5, 5.41) is 9.08. The van der Waals surface area contributed by atoms with Crippen molar-refractivity contribution in [3.8, 4) is 11.8 Å². The van der Waals surface area contributed by atoms with E-state index in [1.165, 1.54) is 22.5 Å². The molecule has 148 valence electrons. The van der Waals surface area contributed by atoms with Gasteiger partial charge in [-0.25, -0.2) is 8.42 Å². The quantitative estimate of drug-likeness (QED) is 0.685. The Balaban J connectivity index is 1.55. The van der Waals surface area contributed by atoms with Gasteiger partial charge in [0.25, 0.3) is 15.9 Å². The molecule has 0 saturated carbocycles. The van der Waals surface area contributed by atoms with Crippen molar-refractivity contribution in [3.63, 3.8) is 0 Å². The summed E-state index contributed by atoms with van der Waals surface area (Å²) in [6, 6.07) is 9.53. The molecule has 1 fully saturated rings. The van der Waals surface area contributed by atoms with E-state index >= 15 is 0 Å². The van der Waals surface area contributed by atoms with Crippen molar-refractivity contribution in [3.05, 3.63) is 45.3 Å². The lowest BCUT2D eigenvalue weighted by Crippen LogP contribution is -2.51. The van der Waals surface area contributed by atoms with Crippen molar-refractivity contribution in [2.45, 2.75) is 4.21 Å². The van der Waals surface area contributed by atoms with E-state index in [0.717, 1.165) is 11.3 Å². The molecule has 2 heterocycles. The lowest BCUT2D eigenvalue weighted by molar-refractivity contribution is -0.134. The minimum absolute atomic E-state index is 0.191. The number of ether oxygens (including phenoxy) is 1. The average molecular weight is 460 g/mol. The molecule has 0 bridgehead atoms. The van der Waals surface area contributed by atoms with Gasteiger partial charge in [-0.15, -0.1) is 11.3 Å². The number of piperazine rings is 1. The Labute approximate surface area is 176 Å². The van der Waals surface area contributed by atoms with Gasteiger partial charge in [0.15, 0.2) is 6.61 Å². The van der Waals surface area contributed by atoms with Crippen LogP contribution in [0.5, 0.6) is 5.75 Å². The molecule has 2 aromatic rings. The number of amides is 1. The van der Waals surface area contributed by atoms with Crippen molar-refractivity contribution >= 4 is 50.5 Å². The first kappa shape index (κ1) is 20.9. The number of carbonyl (C=O) groups is 1. The van der Waals surface area contributed by atoms with Crippen LogP contribution >= 0.6 is 34.5 Å². The second-order valence-electron chi connectivity index (χ2n) is 5.89. The Morgan fingerprint density at radius 2 is 1.89 bits per heavy atom. The van der Waals surface area contributed by atoms with Crippen LogP contribution in [0.3, 0.4) is 0 Å². The monoisotopic (exact) mass is 459 g/mol. The van der Waals surface area contributed by atoms with E-state index in [1.54, 1.807) is 17.0 Å². The zero-order valence-corrected chi connectivity index (χ0v) is 17.6. The van der Waals surface area contributed by atoms with Crippen LogP contribution in [-0.2, 0) is 14.8 Å². The Kier molecular flexibility index (Phi) is 6.47. The van der Waals surface area contributed by atoms with Gasteiger partial charge in [0, 0.05) is 26.2 Å². The van der Waals surface area contributed by atoms with Crippen LogP contribution in [0, 0.1) is 11.3 Å². The molecular formula is C17H15Cl2N3O4S2. The van der Waals surface area contributed by atoms with Crippen LogP contribution in [0.4, 0.5) is 0 Å². The maximum Gasteiger partial charge on any atom is 0.260 e. The largest absolute Gasteiger partial charge is 0.482 e. The molecule has 0 spiro atoms. The zero-order valence-electron chi connectivity index (χ0n) is 14.5. The molecule has 0 radical (unpaired) electrons. The highest BCUT2D eigenvalue weighted by Gasteiger charge is 2.31. The fourth-order valence-corrected chi connectivity index (χ4v) is 5.95. The van der Waals surface area contributed by atoms with Gasteiger partial charge in [-0.1, -0.05) is 23.2 Å². The number of thiophene rings is 1. The Morgan fingerprint density at radius 3 is 2.46 bits per heavy atom. The number of sulfonamides is 1. The minimum atomic E-state index is -3.60. The van der Waals surface area contributed by atoms with Gasteiger partial charge in [0.05, 0.1) is 21.0 Å². The fraction of sp³-hybridized carbons (Fsp3) is 0.294. The van der Waals surface area contributed by atoms with Gasteiger partial charge >= 0.3 is 0 Å². The second kappa shape index (κ2) is 8.68. The van der Waals surface area contributed by atoms with E-state index in [0.29, 0.717) is 15.6 Å². The molecule has 11 heteroatoms. The van der Waals surface area contributed by atoms with E-state index < -0.39 is 10.0 Å². The van der Waals surface area contributed by atoms with Gasteiger partial charge in [0.1, 0.15) is 9.96 Å². The van der Waals surface area contributed by atoms with Gasteiger partial charge < -0.3 is 9.64 Å². The summed E-state index contributed by atoms with van der Waals surface area (Å²) in [6.07, 6.45) is 0. The van der Waals surface area contributed by atoms with Crippen LogP contribution in [0.1, 0.15) is 5.56 Å². The van der Waals surface area contributed by atoms with Crippen molar-refractivity contribution in [1.82, 2.24) is 9.21 Å². The van der Waals surface area contributed by atoms with Gasteiger partial charge in [0.2, 0.25) is 0 Å². The van der Waals surface area contributed by atoms with E-state index in [2.05, 4.69) is 0 Å². The van der Waals surface area contributed by atoms with E-state index in [4.69, 9.17) is 33.2 Å². The third kappa shape index (κ3) is 4.59. The van der Waals surface area contributed by atoms with Crippen LogP contribution in [-0.4, -0.2) is 56.3 Å². The highest BCUT2D eigenvalue weighted by Crippen LogP contribution is 2.29. The Bertz CT molecular complexity index is 1030. The van der Waals surface area contributed by atoms with Gasteiger partial charge in [-0.05, 0) is 30.3 Å². The van der Waals surface area contributed by atoms with Crippen molar-refractivity contribution in [2.75, 3.05) is 32.8 Å². The maximum atomic E-state index is 12.6. The van der Waals surface area contributed by atoms with Crippen LogP contribution in [0.2, 0.25) is 9.36 Å². The van der Waals surface area contributed by atoms with Gasteiger partial charge in [-0.2, -0.15) is 9.57 Å². The van der Waals surface area contributed by atoms with Crippen molar-refractivity contribution < 1.29 is 17.9 Å². The van der Waals surface area contributed by atoms with E-state index in [1.807, 2.05) is 6.07 Å². The Hall–Kier alpha value is -1.83. The van der Waals surface area contributed by atoms with E-state index in [-0.39, 0.29) is 47.9 Å². The smallest absolute Gasteiger partial charge is 0.260 e. The fourth-order valence-electron chi connectivity index (χ4n) is 2.66. The van der Waals surface area contributed by atoms with Crippen LogP contribution in [0.25, 0.3) is 0 Å². The lowest BCUT2D eigenvalue weighted by Gasteiger charge is -2.33. The number of hydrogen-bond donors (Lipinski definition) is 0. The van der Waals surface area contributed by atoms with Gasteiger partial charge in [-0.3, -0.25) is 4.79 Å². The number of benzene rings is 1. The topological polar surface area (TPSA) is 90.7 Å². The molecule has 3 rings (SSSR count). The number of nitriles is 1. The SMILES string of the molecule is N#Cc1ccc(OCC(=O)N2CCN(S(=O)(=O)c3ccc(Cl)s3)CC2)c(Cl)c1. The standard InChI is InChI=1S/C17H15Cl2N3O4S2/c18-13-9-12(10-20)1-2-14(13)26-11-16(23)21-5-7-22(8-6-21)28(24,25)17-4-3-15(19)27-17/h1-4,9H,5-8,11H2. The molecule has 1 saturated heterocycles. The first-order chi connectivity index (χ1) is 13.3. The summed E-state index contributed by atoms with van der Waals surface area (Å²) in [5.74, 6) is 0.0430. The molecule has 0 atom stereocenters. The first-order valence-electron chi connectivity index (χ1n) is 8.17. The molecule has 0 aliphatic carbocycles. The molecule has 0 unspecified atom stereocenters. The molecule has 28 heavy (non-hydrogen) atoms. The molecule has 0 N–H and O–H groups in total. The molecular weight excluding hydrogens is 445 g/mol. The molecule has 1 aromatic carbocycles. The molecule has 1 aromatic heterocycles. The van der Waals surface area contributed by atoms with Crippen molar-refractivity contribution in [2.24, 2.45) is 0 Å². The number of hydrogen-bond acceptors (Lipinski definition) is 6. The highest BCUT2D eigenvalue weighted by molar-refractivity contribution is 7.91. The number of carbonyl (C=O) groups excluding carboxylic acids is 1. The summed E-state index contributed by atoms with van der Waals surface area (Å²) in [4.78, 5) is 13.9. The Morgan fingerprint density at radius 1 is 1.18 bits per heavy atom. The van der Waals surface area contributed by atoms with Crippen molar-refractivity contribution in [1.29, 1.82) is 5.26 Å². The first-order valence-corrected chi connectivity index (χ1v) is 11.2. The van der Waals surface area contributed by atoms with E-state index in [9.17, 15) is 13.2 Å². The molecule has 1 amide bonds. The summed E-state index contributed by atoms with van der Waals surface area (Å²) >= 11 is 12.9. The summed E-state index contributed by atoms with van der Waals surface area (Å²) in [7, 11) is -3.60. The number of halogens is 2. The lowest BCUT2D eigenvalue weighted by atomic mass is 10.2. The summed E-state index contributed by atoms with van der Waals surface area (Å²) in [6.45, 7) is 0.699. The third-order valence-electron chi connectivity index (χ3n) is 4.15. The summed E-state index contributed by atoms with van der Waals surface area (Å²) in [5.41, 5.74) is 0.396. The predicted molar refractivity (Wildman–Crippen MR) is 106 cm³/mol. The number of rotatable bonds is 5. The van der Waals surface area contributed by atoms with Crippen LogP contribution in [0.15, 0.2) is 34.5 Å². The zero-order chi connectivity index (χ0) is 20.3.